The van der Waals surface area contributed by atoms with Crippen LogP contribution in [0.2, 0.25) is 0 Å². The number of rotatable bonds is 10. The monoisotopic (exact) mass is 471 g/mol. The third-order valence-corrected chi connectivity index (χ3v) is 6.92. The molecule has 33 heavy (non-hydrogen) atoms. The molecule has 0 aliphatic heterocycles. The zero-order chi connectivity index (χ0) is 23.8. The molecule has 1 N–H and O–H groups in total. The van der Waals surface area contributed by atoms with Crippen molar-refractivity contribution in [2.75, 3.05) is 19.6 Å². The van der Waals surface area contributed by atoms with Gasteiger partial charge < -0.3 is 14.6 Å². The molecule has 0 aliphatic rings. The van der Waals surface area contributed by atoms with Crippen molar-refractivity contribution in [2.45, 2.75) is 25.3 Å². The molecule has 9 nitrogen and oxygen atoms in total. The summed E-state index contributed by atoms with van der Waals surface area (Å²) < 4.78 is 36.7. The van der Waals surface area contributed by atoms with Crippen molar-refractivity contribution >= 4 is 21.9 Å². The van der Waals surface area contributed by atoms with Crippen molar-refractivity contribution in [3.05, 3.63) is 71.9 Å². The van der Waals surface area contributed by atoms with Crippen LogP contribution in [0.3, 0.4) is 0 Å². The number of carbonyl (C=O) groups excluding carboxylic acids is 2. The van der Waals surface area contributed by atoms with Crippen molar-refractivity contribution in [3.8, 4) is 11.3 Å². The zero-order valence-electron chi connectivity index (χ0n) is 18.4. The van der Waals surface area contributed by atoms with Crippen molar-refractivity contribution in [1.29, 1.82) is 0 Å². The molecule has 0 aliphatic carbocycles. The molecule has 0 unspecified atom stereocenters. The molecule has 0 radical (unpaired) electrons. The van der Waals surface area contributed by atoms with Gasteiger partial charge in [-0.25, -0.2) is 8.42 Å². The fraction of sp³-hybridized carbons (Fsp3) is 0.261. The first-order valence-corrected chi connectivity index (χ1v) is 11.8. The molecule has 1 heterocycles. The third kappa shape index (κ3) is 6.05. The van der Waals surface area contributed by atoms with E-state index in [1.54, 1.807) is 19.9 Å². The van der Waals surface area contributed by atoms with E-state index in [0.29, 0.717) is 24.5 Å². The lowest BCUT2D eigenvalue weighted by molar-refractivity contribution is -0.143. The molecule has 174 valence electrons. The quantitative estimate of drug-likeness (QED) is 0.452. The van der Waals surface area contributed by atoms with Gasteiger partial charge in [0.15, 0.2) is 5.76 Å². The van der Waals surface area contributed by atoms with Crippen LogP contribution < -0.4 is 5.32 Å². The van der Waals surface area contributed by atoms with E-state index in [9.17, 15) is 18.0 Å². The smallest absolute Gasteiger partial charge is 0.325 e. The molecule has 3 rings (SSSR count). The number of nitrogens with zero attached hydrogens (tertiary/aromatic N) is 2. The van der Waals surface area contributed by atoms with Crippen LogP contribution in [0.5, 0.6) is 0 Å². The summed E-state index contributed by atoms with van der Waals surface area (Å²) in [6.45, 7) is 3.78. The summed E-state index contributed by atoms with van der Waals surface area (Å²) in [5.41, 5.74) is 1.52. The maximum absolute atomic E-state index is 12.5. The maximum atomic E-state index is 12.5. The van der Waals surface area contributed by atoms with E-state index >= 15 is 0 Å². The minimum atomic E-state index is -3.61. The van der Waals surface area contributed by atoms with E-state index in [1.165, 1.54) is 28.6 Å². The molecule has 0 fully saturated rings. The van der Waals surface area contributed by atoms with Crippen LogP contribution in [0.15, 0.2) is 70.1 Å². The minimum Gasteiger partial charge on any atom is -0.458 e. The summed E-state index contributed by atoms with van der Waals surface area (Å²) >= 11 is 0. The second kappa shape index (κ2) is 10.9. The molecule has 0 saturated carbocycles. The molecule has 0 bridgehead atoms. The normalized spacial score (nSPS) is 11.4. The molecule has 2 aromatic carbocycles. The van der Waals surface area contributed by atoms with Crippen molar-refractivity contribution in [1.82, 2.24) is 14.8 Å². The Kier molecular flexibility index (Phi) is 7.96. The van der Waals surface area contributed by atoms with Gasteiger partial charge in [0.1, 0.15) is 18.8 Å². The van der Waals surface area contributed by atoms with Gasteiger partial charge in [-0.3, -0.25) is 9.59 Å². The Morgan fingerprint density at radius 2 is 1.70 bits per heavy atom. The minimum absolute atomic E-state index is 0.0943. The van der Waals surface area contributed by atoms with Gasteiger partial charge in [-0.1, -0.05) is 49.3 Å². The van der Waals surface area contributed by atoms with Gasteiger partial charge in [0.2, 0.25) is 10.0 Å². The van der Waals surface area contributed by atoms with Crippen LogP contribution >= 0.6 is 0 Å². The lowest BCUT2D eigenvalue weighted by Gasteiger charge is -2.18. The summed E-state index contributed by atoms with van der Waals surface area (Å²) in [6, 6.07) is 16.6. The first kappa shape index (κ1) is 24.1. The highest BCUT2D eigenvalue weighted by atomic mass is 32.2. The van der Waals surface area contributed by atoms with Crippen molar-refractivity contribution in [2.24, 2.45) is 0 Å². The number of benzene rings is 2. The maximum Gasteiger partial charge on any atom is 0.325 e. The molecular formula is C23H25N3O6S. The van der Waals surface area contributed by atoms with Crippen LogP contribution in [-0.4, -0.2) is 49.4 Å². The highest BCUT2D eigenvalue weighted by Crippen LogP contribution is 2.20. The first-order chi connectivity index (χ1) is 15.8. The van der Waals surface area contributed by atoms with E-state index in [-0.39, 0.29) is 23.6 Å². The summed E-state index contributed by atoms with van der Waals surface area (Å²) in [5, 5.41) is 6.32. The Morgan fingerprint density at radius 1 is 1.03 bits per heavy atom. The summed E-state index contributed by atoms with van der Waals surface area (Å²) in [4.78, 5) is 24.4. The Bertz CT molecular complexity index is 1190. The largest absolute Gasteiger partial charge is 0.458 e. The summed E-state index contributed by atoms with van der Waals surface area (Å²) in [5.74, 6) is -0.610. The third-order valence-electron chi connectivity index (χ3n) is 4.85. The molecule has 1 amide bonds. The second-order valence-electron chi connectivity index (χ2n) is 7.01. The van der Waals surface area contributed by atoms with E-state index in [2.05, 4.69) is 10.5 Å². The topological polar surface area (TPSA) is 119 Å². The van der Waals surface area contributed by atoms with Gasteiger partial charge >= 0.3 is 5.97 Å². The number of carbonyl (C=O) groups is 2. The number of ether oxygens (including phenoxy) is 1. The van der Waals surface area contributed by atoms with Crippen LogP contribution in [0.1, 0.15) is 29.9 Å². The van der Waals surface area contributed by atoms with Crippen molar-refractivity contribution in [3.63, 3.8) is 0 Å². The predicted octanol–water partition coefficient (Wildman–Crippen LogP) is 2.85. The zero-order valence-corrected chi connectivity index (χ0v) is 19.2. The number of hydrogen-bond acceptors (Lipinski definition) is 7. The Labute approximate surface area is 192 Å². The first-order valence-electron chi connectivity index (χ1n) is 10.4. The van der Waals surface area contributed by atoms with Gasteiger partial charge in [0.25, 0.3) is 5.91 Å². The standard InChI is InChI=1S/C23H25N3O6S/c1-3-26(4-2)33(29,30)20-12-10-18(11-13-20)23(28)24-15-22(27)31-16-19-14-21(32-25-19)17-8-6-5-7-9-17/h5-14H,3-4,15-16H2,1-2H3,(H,24,28). The van der Waals surface area contributed by atoms with Crippen molar-refractivity contribution < 1.29 is 27.3 Å². The number of sulfonamides is 1. The lowest BCUT2D eigenvalue weighted by Crippen LogP contribution is -2.31. The van der Waals surface area contributed by atoms with Crippen LogP contribution in [0, 0.1) is 0 Å². The average molecular weight is 472 g/mol. The lowest BCUT2D eigenvalue weighted by atomic mass is 10.2. The Hall–Kier alpha value is -3.50. The van der Waals surface area contributed by atoms with Gasteiger partial charge in [-0.15, -0.1) is 0 Å². The second-order valence-corrected chi connectivity index (χ2v) is 8.94. The number of amides is 1. The Morgan fingerprint density at radius 3 is 2.33 bits per heavy atom. The van der Waals surface area contributed by atoms with E-state index < -0.39 is 21.9 Å². The highest BCUT2D eigenvalue weighted by Gasteiger charge is 2.21. The summed E-state index contributed by atoms with van der Waals surface area (Å²) in [7, 11) is -3.61. The van der Waals surface area contributed by atoms with Gasteiger partial charge in [-0.05, 0) is 24.3 Å². The molecule has 0 saturated heterocycles. The summed E-state index contributed by atoms with van der Waals surface area (Å²) in [6.07, 6.45) is 0. The molecular weight excluding hydrogens is 446 g/mol. The van der Waals surface area contributed by atoms with Gasteiger partial charge in [0.05, 0.1) is 4.90 Å². The van der Waals surface area contributed by atoms with E-state index in [4.69, 9.17) is 9.26 Å². The van der Waals surface area contributed by atoms with Crippen LogP contribution in [0.4, 0.5) is 0 Å². The SMILES string of the molecule is CCN(CC)S(=O)(=O)c1ccc(C(=O)NCC(=O)OCc2cc(-c3ccccc3)on2)cc1. The number of hydrogen-bond donors (Lipinski definition) is 1. The molecule has 0 spiro atoms. The molecule has 0 atom stereocenters. The fourth-order valence-corrected chi connectivity index (χ4v) is 4.53. The number of nitrogens with one attached hydrogen (secondary N) is 1. The van der Waals surface area contributed by atoms with E-state index in [0.717, 1.165) is 5.56 Å². The predicted molar refractivity (Wildman–Crippen MR) is 121 cm³/mol. The van der Waals surface area contributed by atoms with Crippen LogP contribution in [0.25, 0.3) is 11.3 Å². The molecule has 10 heteroatoms. The molecule has 3 aromatic rings. The van der Waals surface area contributed by atoms with Gasteiger partial charge in [0, 0.05) is 30.3 Å². The molecule has 1 aromatic heterocycles. The van der Waals surface area contributed by atoms with E-state index in [1.807, 2.05) is 30.3 Å². The van der Waals surface area contributed by atoms with Crippen LogP contribution in [-0.2, 0) is 26.2 Å². The number of esters is 1. The highest BCUT2D eigenvalue weighted by molar-refractivity contribution is 7.89. The average Bonchev–Trinajstić information content (AvgIpc) is 3.31. The Balaban J connectivity index is 1.49. The fourth-order valence-electron chi connectivity index (χ4n) is 3.07. The number of aromatic nitrogens is 1. The van der Waals surface area contributed by atoms with Gasteiger partial charge in [-0.2, -0.15) is 4.31 Å².